The summed E-state index contributed by atoms with van der Waals surface area (Å²) in [7, 11) is 1.73. The van der Waals surface area contributed by atoms with E-state index in [1.807, 2.05) is 6.07 Å². The minimum Gasteiger partial charge on any atom is -0.496 e. The molecule has 5 rings (SSSR count). The van der Waals surface area contributed by atoms with Gasteiger partial charge in [-0.1, -0.05) is 72.8 Å². The van der Waals surface area contributed by atoms with Crippen LogP contribution in [0.4, 0.5) is 0 Å². The highest BCUT2D eigenvalue weighted by Crippen LogP contribution is 2.41. The summed E-state index contributed by atoms with van der Waals surface area (Å²) in [6.07, 6.45) is 2.09. The third-order valence-electron chi connectivity index (χ3n) is 5.17. The van der Waals surface area contributed by atoms with Crippen molar-refractivity contribution in [2.45, 2.75) is 0 Å². The van der Waals surface area contributed by atoms with Crippen molar-refractivity contribution in [1.82, 2.24) is 4.98 Å². The smallest absolute Gasteiger partial charge is 0.127 e. The molecule has 5 aromatic rings. The van der Waals surface area contributed by atoms with Crippen molar-refractivity contribution in [1.29, 1.82) is 0 Å². The van der Waals surface area contributed by atoms with Gasteiger partial charge >= 0.3 is 0 Å². The number of fused-ring (bicyclic) bond motifs is 2. The van der Waals surface area contributed by atoms with Crippen molar-refractivity contribution in [3.63, 3.8) is 0 Å². The van der Waals surface area contributed by atoms with Crippen molar-refractivity contribution < 1.29 is 4.74 Å². The van der Waals surface area contributed by atoms with Gasteiger partial charge in [0.25, 0.3) is 0 Å². The summed E-state index contributed by atoms with van der Waals surface area (Å²) in [5.41, 5.74) is 5.86. The molecule has 0 saturated carbocycles. The molecule has 0 atom stereocenters. The topological polar surface area (TPSA) is 25.0 Å². The maximum Gasteiger partial charge on any atom is 0.127 e. The van der Waals surface area contributed by atoms with Crippen molar-refractivity contribution in [2.24, 2.45) is 0 Å². The summed E-state index contributed by atoms with van der Waals surface area (Å²) < 4.78 is 5.71. The van der Waals surface area contributed by atoms with Gasteiger partial charge in [0.15, 0.2) is 0 Å². The fourth-order valence-electron chi connectivity index (χ4n) is 3.84. The molecular weight excluding hydrogens is 330 g/mol. The van der Waals surface area contributed by atoms with Gasteiger partial charge in [-0.3, -0.25) is 0 Å². The molecule has 0 aliphatic rings. The standard InChI is InChI=1S/C25H19NO/c1-27-24-14-12-18-9-5-6-10-20(18)25(24)22-16-26-23-15-19(11-13-21(22)23)17-7-3-2-4-8-17/h2-16,26H,1H3. The molecule has 0 amide bonds. The highest BCUT2D eigenvalue weighted by Gasteiger charge is 2.15. The van der Waals surface area contributed by atoms with Crippen LogP contribution in [0.25, 0.3) is 43.9 Å². The third kappa shape index (κ3) is 2.58. The van der Waals surface area contributed by atoms with Crippen LogP contribution in [-0.2, 0) is 0 Å². The molecule has 2 heteroatoms. The Morgan fingerprint density at radius 1 is 0.704 bits per heavy atom. The minimum absolute atomic E-state index is 0.890. The Morgan fingerprint density at radius 2 is 1.52 bits per heavy atom. The first-order valence-electron chi connectivity index (χ1n) is 9.08. The van der Waals surface area contributed by atoms with Gasteiger partial charge in [-0.25, -0.2) is 0 Å². The number of H-pyrrole nitrogens is 1. The lowest BCUT2D eigenvalue weighted by molar-refractivity contribution is 0.417. The number of ether oxygens (including phenoxy) is 1. The summed E-state index contributed by atoms with van der Waals surface area (Å²) in [6, 6.07) is 29.7. The molecule has 2 nitrogen and oxygen atoms in total. The minimum atomic E-state index is 0.890. The van der Waals surface area contributed by atoms with Crippen molar-refractivity contribution in [3.05, 3.63) is 91.1 Å². The van der Waals surface area contributed by atoms with Crippen molar-refractivity contribution in [3.8, 4) is 28.0 Å². The maximum absolute atomic E-state index is 5.71. The highest BCUT2D eigenvalue weighted by molar-refractivity contribution is 6.07. The van der Waals surface area contributed by atoms with E-state index >= 15 is 0 Å². The summed E-state index contributed by atoms with van der Waals surface area (Å²) in [5.74, 6) is 0.890. The fourth-order valence-corrected chi connectivity index (χ4v) is 3.84. The van der Waals surface area contributed by atoms with E-state index in [4.69, 9.17) is 4.74 Å². The maximum atomic E-state index is 5.71. The molecular formula is C25H19NO. The largest absolute Gasteiger partial charge is 0.496 e. The summed E-state index contributed by atoms with van der Waals surface area (Å²) in [5, 5.41) is 3.61. The number of hydrogen-bond donors (Lipinski definition) is 1. The lowest BCUT2D eigenvalue weighted by Gasteiger charge is -2.12. The number of nitrogens with one attached hydrogen (secondary N) is 1. The molecule has 130 valence electrons. The van der Waals surface area contributed by atoms with Crippen LogP contribution in [0.15, 0.2) is 91.1 Å². The Hall–Kier alpha value is -3.52. The zero-order valence-electron chi connectivity index (χ0n) is 15.1. The van der Waals surface area contributed by atoms with Crippen LogP contribution in [-0.4, -0.2) is 12.1 Å². The molecule has 4 aromatic carbocycles. The van der Waals surface area contributed by atoms with Crippen LogP contribution in [0.3, 0.4) is 0 Å². The first kappa shape index (κ1) is 15.7. The zero-order valence-corrected chi connectivity index (χ0v) is 15.1. The molecule has 27 heavy (non-hydrogen) atoms. The Morgan fingerprint density at radius 3 is 2.37 bits per heavy atom. The van der Waals surface area contributed by atoms with Gasteiger partial charge in [-0.05, 0) is 34.0 Å². The van der Waals surface area contributed by atoms with Crippen molar-refractivity contribution >= 4 is 21.7 Å². The SMILES string of the molecule is COc1ccc2ccccc2c1-c1c[nH]c2cc(-c3ccccc3)ccc12. The molecule has 0 aliphatic carbocycles. The monoisotopic (exact) mass is 349 g/mol. The number of methoxy groups -OCH3 is 1. The molecule has 0 radical (unpaired) electrons. The van der Waals surface area contributed by atoms with Gasteiger partial charge in [0, 0.05) is 28.2 Å². The fraction of sp³-hybridized carbons (Fsp3) is 0.0400. The van der Waals surface area contributed by atoms with Crippen LogP contribution in [0.1, 0.15) is 0 Å². The number of aromatic nitrogens is 1. The van der Waals surface area contributed by atoms with Gasteiger partial charge in [0.1, 0.15) is 5.75 Å². The average Bonchev–Trinajstić information content (AvgIpc) is 3.16. The van der Waals surface area contributed by atoms with E-state index in [1.165, 1.54) is 32.8 Å². The Bertz CT molecular complexity index is 1250. The third-order valence-corrected chi connectivity index (χ3v) is 5.17. The van der Waals surface area contributed by atoms with Crippen LogP contribution in [0, 0.1) is 0 Å². The summed E-state index contributed by atoms with van der Waals surface area (Å²) in [6.45, 7) is 0. The van der Waals surface area contributed by atoms with E-state index in [0.717, 1.165) is 16.8 Å². The predicted octanol–water partition coefficient (Wildman–Crippen LogP) is 6.66. The van der Waals surface area contributed by atoms with E-state index in [9.17, 15) is 0 Å². The van der Waals surface area contributed by atoms with E-state index in [0.29, 0.717) is 0 Å². The number of benzene rings is 4. The normalized spacial score (nSPS) is 11.1. The van der Waals surface area contributed by atoms with Gasteiger partial charge in [-0.2, -0.15) is 0 Å². The lowest BCUT2D eigenvalue weighted by Crippen LogP contribution is -1.89. The van der Waals surface area contributed by atoms with Gasteiger partial charge in [-0.15, -0.1) is 0 Å². The molecule has 0 spiro atoms. The van der Waals surface area contributed by atoms with Crippen LogP contribution >= 0.6 is 0 Å². The van der Waals surface area contributed by atoms with Crippen LogP contribution in [0.5, 0.6) is 5.75 Å². The Kier molecular flexibility index (Phi) is 3.68. The molecule has 1 heterocycles. The van der Waals surface area contributed by atoms with Crippen LogP contribution in [0.2, 0.25) is 0 Å². The second-order valence-electron chi connectivity index (χ2n) is 6.69. The molecule has 0 aliphatic heterocycles. The molecule has 0 bridgehead atoms. The zero-order chi connectivity index (χ0) is 18.2. The quantitative estimate of drug-likeness (QED) is 0.387. The van der Waals surface area contributed by atoms with E-state index in [-0.39, 0.29) is 0 Å². The summed E-state index contributed by atoms with van der Waals surface area (Å²) in [4.78, 5) is 3.46. The molecule has 1 N–H and O–H groups in total. The summed E-state index contributed by atoms with van der Waals surface area (Å²) >= 11 is 0. The average molecular weight is 349 g/mol. The van der Waals surface area contributed by atoms with E-state index in [2.05, 4.69) is 90.0 Å². The predicted molar refractivity (Wildman–Crippen MR) is 113 cm³/mol. The second-order valence-corrected chi connectivity index (χ2v) is 6.69. The first-order chi connectivity index (χ1) is 13.3. The lowest BCUT2D eigenvalue weighted by atomic mass is 9.96. The van der Waals surface area contributed by atoms with Gasteiger partial charge in [0.2, 0.25) is 0 Å². The molecule has 0 saturated heterocycles. The highest BCUT2D eigenvalue weighted by atomic mass is 16.5. The van der Waals surface area contributed by atoms with Crippen molar-refractivity contribution in [2.75, 3.05) is 7.11 Å². The Balaban J connectivity index is 1.74. The number of rotatable bonds is 3. The van der Waals surface area contributed by atoms with E-state index < -0.39 is 0 Å². The van der Waals surface area contributed by atoms with Gasteiger partial charge in [0.05, 0.1) is 7.11 Å². The first-order valence-corrected chi connectivity index (χ1v) is 9.08. The number of aromatic amines is 1. The van der Waals surface area contributed by atoms with Gasteiger partial charge < -0.3 is 9.72 Å². The second kappa shape index (κ2) is 6.33. The van der Waals surface area contributed by atoms with Crippen LogP contribution < -0.4 is 4.74 Å². The molecule has 0 unspecified atom stereocenters. The molecule has 1 aromatic heterocycles. The number of hydrogen-bond acceptors (Lipinski definition) is 1. The Labute approximate surface area is 158 Å². The molecule has 0 fully saturated rings. The van der Waals surface area contributed by atoms with E-state index in [1.54, 1.807) is 7.11 Å².